The summed E-state index contributed by atoms with van der Waals surface area (Å²) in [6.07, 6.45) is 19.4. The van der Waals surface area contributed by atoms with Crippen LogP contribution >= 0.6 is 0 Å². The van der Waals surface area contributed by atoms with Crippen molar-refractivity contribution in [3.8, 4) is 0 Å². The fourth-order valence-electron chi connectivity index (χ4n) is 8.71. The lowest BCUT2D eigenvalue weighted by Gasteiger charge is -2.52. The summed E-state index contributed by atoms with van der Waals surface area (Å²) < 4.78 is 0. The summed E-state index contributed by atoms with van der Waals surface area (Å²) in [7, 11) is 1.84. The molecule has 4 nitrogen and oxygen atoms in total. The normalized spacial score (nSPS) is 35.9. The lowest BCUT2D eigenvalue weighted by atomic mass is 9.53. The molecule has 0 radical (unpaired) electrons. The highest BCUT2D eigenvalue weighted by Crippen LogP contribution is 2.59. The molecule has 7 unspecified atom stereocenters. The Bertz CT molecular complexity index is 864. The summed E-state index contributed by atoms with van der Waals surface area (Å²) in [4.78, 5) is 15.9. The number of benzene rings is 1. The Balaban J connectivity index is 1.14. The van der Waals surface area contributed by atoms with Crippen LogP contribution in [0.15, 0.2) is 23.2 Å². The molecule has 180 valence electrons. The van der Waals surface area contributed by atoms with E-state index < -0.39 is 0 Å². The van der Waals surface area contributed by atoms with E-state index in [1.165, 1.54) is 77.0 Å². The highest BCUT2D eigenvalue weighted by molar-refractivity contribution is 6.01. The molecule has 4 saturated carbocycles. The molecule has 4 aliphatic carbocycles. The van der Waals surface area contributed by atoms with Gasteiger partial charge in [-0.15, -0.1) is 0 Å². The van der Waals surface area contributed by atoms with E-state index in [1.54, 1.807) is 6.07 Å². The van der Waals surface area contributed by atoms with Crippen molar-refractivity contribution >= 4 is 23.5 Å². The first-order valence-corrected chi connectivity index (χ1v) is 13.8. The Morgan fingerprint density at radius 2 is 1.70 bits per heavy atom. The quantitative estimate of drug-likeness (QED) is 0.213. The minimum atomic E-state index is 0.514. The summed E-state index contributed by atoms with van der Waals surface area (Å²) in [6, 6.07) is 5.56. The van der Waals surface area contributed by atoms with E-state index in [9.17, 15) is 4.79 Å². The summed E-state index contributed by atoms with van der Waals surface area (Å²) >= 11 is 0. The number of amidine groups is 1. The third-order valence-electron chi connectivity index (χ3n) is 10.1. The van der Waals surface area contributed by atoms with Gasteiger partial charge >= 0.3 is 0 Å². The molecule has 7 atom stereocenters. The molecular weight excluding hydrogens is 406 g/mol. The molecule has 5 rings (SSSR count). The van der Waals surface area contributed by atoms with Gasteiger partial charge in [0.05, 0.1) is 11.3 Å². The Morgan fingerprint density at radius 1 is 0.970 bits per heavy atom. The highest BCUT2D eigenvalue weighted by atomic mass is 16.1. The van der Waals surface area contributed by atoms with Crippen LogP contribution in [0.4, 0.5) is 11.4 Å². The van der Waals surface area contributed by atoms with Gasteiger partial charge in [0.1, 0.15) is 5.84 Å². The maximum Gasteiger partial charge on any atom is 0.154 e. The molecule has 1 aromatic carbocycles. The van der Waals surface area contributed by atoms with Gasteiger partial charge < -0.3 is 11.1 Å². The van der Waals surface area contributed by atoms with Gasteiger partial charge in [0.15, 0.2) is 6.29 Å². The minimum absolute atomic E-state index is 0.514. The average molecular weight is 450 g/mol. The molecule has 1 aromatic rings. The van der Waals surface area contributed by atoms with Gasteiger partial charge in [-0.2, -0.15) is 0 Å². The van der Waals surface area contributed by atoms with Gasteiger partial charge in [-0.05, 0) is 111 Å². The van der Waals surface area contributed by atoms with Crippen LogP contribution in [0.1, 0.15) is 93.8 Å². The van der Waals surface area contributed by atoms with Crippen molar-refractivity contribution in [1.29, 1.82) is 0 Å². The number of nitrogens with two attached hydrogens (primary N) is 1. The predicted octanol–water partition coefficient (Wildman–Crippen LogP) is 6.96. The van der Waals surface area contributed by atoms with Gasteiger partial charge in [-0.3, -0.25) is 9.79 Å². The van der Waals surface area contributed by atoms with Crippen molar-refractivity contribution in [1.82, 2.24) is 0 Å². The second-order valence-corrected chi connectivity index (χ2v) is 11.5. The molecule has 33 heavy (non-hydrogen) atoms. The van der Waals surface area contributed by atoms with Crippen molar-refractivity contribution in [3.63, 3.8) is 0 Å². The summed E-state index contributed by atoms with van der Waals surface area (Å²) in [5, 5.41) is 3.37. The van der Waals surface area contributed by atoms with Gasteiger partial charge in [0.2, 0.25) is 0 Å². The number of nitrogens with zero attached hydrogens (tertiary/aromatic N) is 1. The van der Waals surface area contributed by atoms with Crippen LogP contribution in [0.5, 0.6) is 0 Å². The highest BCUT2D eigenvalue weighted by Gasteiger charge is 2.50. The zero-order chi connectivity index (χ0) is 22.8. The lowest BCUT2D eigenvalue weighted by Crippen LogP contribution is -2.44. The fraction of sp³-hybridized carbons (Fsp3) is 0.724. The van der Waals surface area contributed by atoms with Gasteiger partial charge in [-0.25, -0.2) is 0 Å². The number of hydrogen-bond acceptors (Lipinski definition) is 3. The number of rotatable bonds is 6. The number of aldehydes is 1. The van der Waals surface area contributed by atoms with E-state index in [-0.39, 0.29) is 0 Å². The standard InChI is InChI=1S/C29H43N3O/c1-31-29(32-28-10-5-9-27(30)26(28)18-33)11-4-7-20-12-14-23-22(20)16-17-24-21-8-3-2-6-19(21)13-15-25(23)24/h5,9-10,18-25H,2-4,6-8,11-17,30H2,1H3,(H,31,32). The van der Waals surface area contributed by atoms with E-state index in [2.05, 4.69) is 10.3 Å². The molecule has 0 heterocycles. The first-order valence-electron chi connectivity index (χ1n) is 13.8. The molecule has 0 amide bonds. The summed E-state index contributed by atoms with van der Waals surface area (Å²) in [6.45, 7) is 0. The van der Waals surface area contributed by atoms with E-state index in [0.717, 1.165) is 65.7 Å². The van der Waals surface area contributed by atoms with Gasteiger partial charge in [-0.1, -0.05) is 25.3 Å². The van der Waals surface area contributed by atoms with Crippen LogP contribution < -0.4 is 11.1 Å². The number of aliphatic imine (C=N–C) groups is 1. The van der Waals surface area contributed by atoms with Crippen LogP contribution in [0, 0.1) is 41.4 Å². The van der Waals surface area contributed by atoms with Crippen molar-refractivity contribution in [2.45, 2.75) is 83.5 Å². The molecule has 4 fully saturated rings. The Morgan fingerprint density at radius 3 is 2.55 bits per heavy atom. The van der Waals surface area contributed by atoms with E-state index in [4.69, 9.17) is 5.73 Å². The first kappa shape index (κ1) is 22.9. The number of carbonyl (C=O) groups is 1. The van der Waals surface area contributed by atoms with Crippen LogP contribution in [0.2, 0.25) is 0 Å². The summed E-state index contributed by atoms with van der Waals surface area (Å²) in [5.74, 6) is 8.15. The molecule has 0 bridgehead atoms. The third-order valence-corrected chi connectivity index (χ3v) is 10.1. The predicted molar refractivity (Wildman–Crippen MR) is 138 cm³/mol. The zero-order valence-corrected chi connectivity index (χ0v) is 20.5. The molecule has 0 aliphatic heterocycles. The SMILES string of the molecule is CN=C(CCCC1CCC2C1CCC1C3CCCCC3CCC21)Nc1cccc(N)c1C=O. The number of anilines is 2. The second kappa shape index (κ2) is 10.2. The number of carbonyl (C=O) groups excluding carboxylic acids is 1. The lowest BCUT2D eigenvalue weighted by molar-refractivity contribution is -0.0250. The average Bonchev–Trinajstić information content (AvgIpc) is 3.26. The molecule has 0 saturated heterocycles. The van der Waals surface area contributed by atoms with E-state index in [0.29, 0.717) is 11.3 Å². The van der Waals surface area contributed by atoms with Gasteiger partial charge in [0.25, 0.3) is 0 Å². The fourth-order valence-corrected chi connectivity index (χ4v) is 8.71. The smallest absolute Gasteiger partial charge is 0.154 e. The molecule has 4 heteroatoms. The number of hydrogen-bond donors (Lipinski definition) is 2. The number of nitrogen functional groups attached to an aromatic ring is 1. The summed E-state index contributed by atoms with van der Waals surface area (Å²) in [5.41, 5.74) is 7.78. The second-order valence-electron chi connectivity index (χ2n) is 11.5. The topological polar surface area (TPSA) is 67.5 Å². The maximum atomic E-state index is 11.5. The van der Waals surface area contributed by atoms with Crippen molar-refractivity contribution in [2.75, 3.05) is 18.1 Å². The molecule has 4 aliphatic rings. The van der Waals surface area contributed by atoms with Crippen LogP contribution in [-0.2, 0) is 0 Å². The molecule has 3 N–H and O–H groups in total. The van der Waals surface area contributed by atoms with E-state index >= 15 is 0 Å². The monoisotopic (exact) mass is 449 g/mol. The van der Waals surface area contributed by atoms with E-state index in [1.807, 2.05) is 19.2 Å². The largest absolute Gasteiger partial charge is 0.398 e. The Kier molecular flexibility index (Phi) is 7.08. The Labute approximate surface area is 200 Å². The number of fused-ring (bicyclic) bond motifs is 5. The number of nitrogens with one attached hydrogen (secondary N) is 1. The van der Waals surface area contributed by atoms with Crippen LogP contribution in [-0.4, -0.2) is 19.2 Å². The van der Waals surface area contributed by atoms with Crippen molar-refractivity contribution in [3.05, 3.63) is 23.8 Å². The molecule has 0 spiro atoms. The third kappa shape index (κ3) is 4.59. The first-order chi connectivity index (χ1) is 16.2. The minimum Gasteiger partial charge on any atom is -0.398 e. The zero-order valence-electron chi connectivity index (χ0n) is 20.5. The van der Waals surface area contributed by atoms with Crippen LogP contribution in [0.3, 0.4) is 0 Å². The van der Waals surface area contributed by atoms with Crippen LogP contribution in [0.25, 0.3) is 0 Å². The van der Waals surface area contributed by atoms with Crippen molar-refractivity contribution in [2.24, 2.45) is 46.4 Å². The maximum absolute atomic E-state index is 11.5. The Hall–Kier alpha value is -1.84. The molecular formula is C29H43N3O. The van der Waals surface area contributed by atoms with Gasteiger partial charge in [0, 0.05) is 19.2 Å². The molecule has 0 aromatic heterocycles. The van der Waals surface area contributed by atoms with Crippen molar-refractivity contribution < 1.29 is 4.79 Å².